The van der Waals surface area contributed by atoms with Gasteiger partial charge >= 0.3 is 0 Å². The third-order valence-corrected chi connectivity index (χ3v) is 6.93. The van der Waals surface area contributed by atoms with Crippen molar-refractivity contribution in [1.29, 1.82) is 0 Å². The molecule has 33 heavy (non-hydrogen) atoms. The number of methoxy groups -OCH3 is 3. The van der Waals surface area contributed by atoms with Crippen molar-refractivity contribution in [3.63, 3.8) is 0 Å². The largest absolute Gasteiger partial charge is 0.497 e. The highest BCUT2D eigenvalue weighted by atomic mass is 32.2. The molecular weight excluding hydrogens is 442 g/mol. The van der Waals surface area contributed by atoms with Crippen molar-refractivity contribution in [1.82, 2.24) is 14.3 Å². The van der Waals surface area contributed by atoms with Gasteiger partial charge in [-0.15, -0.1) is 0 Å². The van der Waals surface area contributed by atoms with E-state index >= 15 is 0 Å². The highest BCUT2D eigenvalue weighted by Crippen LogP contribution is 2.23. The molecule has 3 rings (SSSR count). The molecule has 0 saturated carbocycles. The lowest BCUT2D eigenvalue weighted by molar-refractivity contribution is 0.113. The number of benzene rings is 2. The molecule has 0 aliphatic heterocycles. The minimum atomic E-state index is -3.75. The van der Waals surface area contributed by atoms with Gasteiger partial charge < -0.3 is 14.2 Å². The first-order valence-electron chi connectivity index (χ1n) is 10.4. The molecule has 3 aromatic rings. The molecule has 0 N–H and O–H groups in total. The van der Waals surface area contributed by atoms with Gasteiger partial charge in [0, 0.05) is 32.6 Å². The lowest BCUT2D eigenvalue weighted by Gasteiger charge is -2.25. The first-order chi connectivity index (χ1) is 15.8. The fourth-order valence-corrected chi connectivity index (χ4v) is 4.81. The van der Waals surface area contributed by atoms with Crippen LogP contribution in [0, 0.1) is 6.92 Å². The summed E-state index contributed by atoms with van der Waals surface area (Å²) in [6, 6.07) is 14.7. The standard InChI is InChI=1S/C24H29N3O5S/c1-18-13-25-24(26-14-18)23(32-4)17-33(28,29)27(15-19-5-9-21(30-2)10-6-19)16-20-7-11-22(31-3)12-8-20/h5-14,23H,15-17H2,1-4H3/t23-/m0/s1. The lowest BCUT2D eigenvalue weighted by atomic mass is 10.2. The molecule has 0 aliphatic rings. The van der Waals surface area contributed by atoms with E-state index in [0.29, 0.717) is 17.3 Å². The molecule has 0 fully saturated rings. The van der Waals surface area contributed by atoms with Gasteiger partial charge in [0.05, 0.1) is 20.0 Å². The van der Waals surface area contributed by atoms with Gasteiger partial charge in [-0.05, 0) is 47.9 Å². The number of ether oxygens (including phenoxy) is 3. The summed E-state index contributed by atoms with van der Waals surface area (Å²) in [5, 5.41) is 0. The number of aromatic nitrogens is 2. The molecule has 0 spiro atoms. The van der Waals surface area contributed by atoms with Crippen molar-refractivity contribution < 1.29 is 22.6 Å². The van der Waals surface area contributed by atoms with Crippen LogP contribution in [0.3, 0.4) is 0 Å². The highest BCUT2D eigenvalue weighted by molar-refractivity contribution is 7.89. The lowest BCUT2D eigenvalue weighted by Crippen LogP contribution is -2.34. The fourth-order valence-electron chi connectivity index (χ4n) is 3.24. The van der Waals surface area contributed by atoms with E-state index in [1.807, 2.05) is 55.5 Å². The Morgan fingerprint density at radius 3 is 1.67 bits per heavy atom. The van der Waals surface area contributed by atoms with E-state index in [0.717, 1.165) is 16.7 Å². The van der Waals surface area contributed by atoms with Crippen LogP contribution >= 0.6 is 0 Å². The number of nitrogens with zero attached hydrogens (tertiary/aromatic N) is 3. The molecule has 8 nitrogen and oxygen atoms in total. The normalized spacial score (nSPS) is 12.5. The SMILES string of the molecule is COc1ccc(CN(Cc2ccc(OC)cc2)S(=O)(=O)C[C@H](OC)c2ncc(C)cn2)cc1. The molecule has 0 radical (unpaired) electrons. The number of hydrogen-bond acceptors (Lipinski definition) is 7. The second kappa shape index (κ2) is 11.2. The van der Waals surface area contributed by atoms with Gasteiger partial charge in [0.15, 0.2) is 5.82 Å². The predicted molar refractivity (Wildman–Crippen MR) is 126 cm³/mol. The summed E-state index contributed by atoms with van der Waals surface area (Å²) >= 11 is 0. The van der Waals surface area contributed by atoms with Gasteiger partial charge in [-0.2, -0.15) is 4.31 Å². The van der Waals surface area contributed by atoms with Crippen molar-refractivity contribution >= 4 is 10.0 Å². The summed E-state index contributed by atoms with van der Waals surface area (Å²) in [4.78, 5) is 8.50. The smallest absolute Gasteiger partial charge is 0.217 e. The molecular formula is C24H29N3O5S. The molecule has 1 atom stereocenters. The fraction of sp³-hybridized carbons (Fsp3) is 0.333. The molecule has 0 bridgehead atoms. The maximum absolute atomic E-state index is 13.5. The Morgan fingerprint density at radius 2 is 1.27 bits per heavy atom. The monoisotopic (exact) mass is 471 g/mol. The molecule has 176 valence electrons. The zero-order chi connectivity index (χ0) is 23.8. The molecule has 0 saturated heterocycles. The molecule has 0 amide bonds. The Morgan fingerprint density at radius 1 is 0.818 bits per heavy atom. The Labute approximate surface area is 195 Å². The summed E-state index contributed by atoms with van der Waals surface area (Å²) < 4.78 is 44.4. The summed E-state index contributed by atoms with van der Waals surface area (Å²) in [6.07, 6.45) is 2.51. The molecule has 9 heteroatoms. The number of sulfonamides is 1. The molecule has 1 aromatic heterocycles. The summed E-state index contributed by atoms with van der Waals surface area (Å²) in [5.41, 5.74) is 2.57. The Kier molecular flexibility index (Phi) is 8.37. The second-order valence-corrected chi connectivity index (χ2v) is 9.60. The zero-order valence-electron chi connectivity index (χ0n) is 19.3. The maximum atomic E-state index is 13.5. The summed E-state index contributed by atoms with van der Waals surface area (Å²) in [7, 11) is 0.887. The molecule has 2 aromatic carbocycles. The van der Waals surface area contributed by atoms with Crippen molar-refractivity contribution in [2.24, 2.45) is 0 Å². The van der Waals surface area contributed by atoms with E-state index < -0.39 is 16.1 Å². The first kappa shape index (κ1) is 24.6. The Bertz CT molecular complexity index is 1070. The summed E-state index contributed by atoms with van der Waals surface area (Å²) in [5.74, 6) is 1.47. The number of aryl methyl sites for hydroxylation is 1. The van der Waals surface area contributed by atoms with Crippen molar-refractivity contribution in [3.05, 3.63) is 83.4 Å². The van der Waals surface area contributed by atoms with E-state index in [4.69, 9.17) is 14.2 Å². The van der Waals surface area contributed by atoms with Gasteiger partial charge in [0.25, 0.3) is 0 Å². The average molecular weight is 472 g/mol. The van der Waals surface area contributed by atoms with Gasteiger partial charge in [-0.25, -0.2) is 18.4 Å². The highest BCUT2D eigenvalue weighted by Gasteiger charge is 2.29. The number of rotatable bonds is 11. The van der Waals surface area contributed by atoms with Crippen LogP contribution in [-0.2, 0) is 27.8 Å². The third kappa shape index (κ3) is 6.74. The van der Waals surface area contributed by atoms with Crippen LogP contribution in [0.1, 0.15) is 28.6 Å². The number of hydrogen-bond donors (Lipinski definition) is 0. The van der Waals surface area contributed by atoms with Crippen LogP contribution in [0.25, 0.3) is 0 Å². The quantitative estimate of drug-likeness (QED) is 0.423. The van der Waals surface area contributed by atoms with Crippen LogP contribution in [0.5, 0.6) is 11.5 Å². The average Bonchev–Trinajstić information content (AvgIpc) is 2.83. The Hall–Kier alpha value is -3.01. The molecule has 1 heterocycles. The maximum Gasteiger partial charge on any atom is 0.217 e. The van der Waals surface area contributed by atoms with Crippen molar-refractivity contribution in [2.45, 2.75) is 26.1 Å². The van der Waals surface area contributed by atoms with Crippen LogP contribution in [0.2, 0.25) is 0 Å². The van der Waals surface area contributed by atoms with Crippen LogP contribution in [0.4, 0.5) is 0 Å². The van der Waals surface area contributed by atoms with Crippen LogP contribution < -0.4 is 9.47 Å². The minimum Gasteiger partial charge on any atom is -0.497 e. The van der Waals surface area contributed by atoms with Gasteiger partial charge in [0.2, 0.25) is 10.0 Å². The van der Waals surface area contributed by atoms with Gasteiger partial charge in [-0.1, -0.05) is 24.3 Å². The van der Waals surface area contributed by atoms with Crippen LogP contribution in [-0.4, -0.2) is 49.8 Å². The zero-order valence-corrected chi connectivity index (χ0v) is 20.1. The minimum absolute atomic E-state index is 0.198. The predicted octanol–water partition coefficient (Wildman–Crippen LogP) is 3.52. The van der Waals surface area contributed by atoms with Gasteiger partial charge in [-0.3, -0.25) is 0 Å². The van der Waals surface area contributed by atoms with Gasteiger partial charge in [0.1, 0.15) is 17.6 Å². The first-order valence-corrected chi connectivity index (χ1v) is 12.0. The van der Waals surface area contributed by atoms with E-state index in [2.05, 4.69) is 9.97 Å². The van der Waals surface area contributed by atoms with E-state index in [9.17, 15) is 8.42 Å². The van der Waals surface area contributed by atoms with E-state index in [-0.39, 0.29) is 18.8 Å². The molecule has 0 unspecified atom stereocenters. The second-order valence-electron chi connectivity index (χ2n) is 7.59. The van der Waals surface area contributed by atoms with Crippen molar-refractivity contribution in [3.8, 4) is 11.5 Å². The van der Waals surface area contributed by atoms with E-state index in [1.165, 1.54) is 11.4 Å². The third-order valence-electron chi connectivity index (χ3n) is 5.16. The summed E-state index contributed by atoms with van der Waals surface area (Å²) in [6.45, 7) is 2.26. The molecule has 0 aliphatic carbocycles. The Balaban J connectivity index is 1.87. The topological polar surface area (TPSA) is 90.9 Å². The van der Waals surface area contributed by atoms with Crippen LogP contribution in [0.15, 0.2) is 60.9 Å². The van der Waals surface area contributed by atoms with Crippen molar-refractivity contribution in [2.75, 3.05) is 27.1 Å². The van der Waals surface area contributed by atoms with E-state index in [1.54, 1.807) is 26.6 Å².